The number of piperidine rings is 1. The molecule has 1 aliphatic rings. The van der Waals surface area contributed by atoms with E-state index in [9.17, 15) is 0 Å². The van der Waals surface area contributed by atoms with Gasteiger partial charge in [-0.15, -0.1) is 0 Å². The Hall–Kier alpha value is -0.450. The molecule has 0 bridgehead atoms. The first-order chi connectivity index (χ1) is 8.16. The standard InChI is InChI=1S/C13H20BrN3/c1-10-4-3-5-11(2)17(10)16-9-13-7-6-12(14)8-15-13/h6-8,10-11,16H,3-5,9H2,1-2H3. The van der Waals surface area contributed by atoms with Crippen LogP contribution in [0.4, 0.5) is 0 Å². The van der Waals surface area contributed by atoms with Gasteiger partial charge in [0.05, 0.1) is 12.2 Å². The second-order valence-electron chi connectivity index (χ2n) is 4.84. The molecule has 17 heavy (non-hydrogen) atoms. The van der Waals surface area contributed by atoms with Crippen LogP contribution >= 0.6 is 15.9 Å². The fourth-order valence-electron chi connectivity index (χ4n) is 2.42. The van der Waals surface area contributed by atoms with Gasteiger partial charge in [0.15, 0.2) is 0 Å². The Morgan fingerprint density at radius 3 is 2.65 bits per heavy atom. The molecule has 0 amide bonds. The molecule has 0 saturated carbocycles. The molecule has 2 heterocycles. The van der Waals surface area contributed by atoms with Crippen LogP contribution in [0.5, 0.6) is 0 Å². The fraction of sp³-hybridized carbons (Fsp3) is 0.615. The average molecular weight is 298 g/mol. The van der Waals surface area contributed by atoms with E-state index < -0.39 is 0 Å². The molecule has 0 aromatic carbocycles. The van der Waals surface area contributed by atoms with E-state index in [1.807, 2.05) is 12.3 Å². The van der Waals surface area contributed by atoms with Gasteiger partial charge < -0.3 is 0 Å². The molecular formula is C13H20BrN3. The van der Waals surface area contributed by atoms with Crippen molar-refractivity contribution in [1.82, 2.24) is 15.4 Å². The average Bonchev–Trinajstić information content (AvgIpc) is 2.31. The second-order valence-corrected chi connectivity index (χ2v) is 5.75. The zero-order chi connectivity index (χ0) is 12.3. The molecule has 3 nitrogen and oxygen atoms in total. The van der Waals surface area contributed by atoms with Crippen LogP contribution in [-0.2, 0) is 6.54 Å². The lowest BCUT2D eigenvalue weighted by Gasteiger charge is -2.39. The molecule has 94 valence electrons. The highest BCUT2D eigenvalue weighted by Crippen LogP contribution is 2.20. The Kier molecular flexibility index (Phi) is 4.54. The van der Waals surface area contributed by atoms with Gasteiger partial charge in [0.1, 0.15) is 0 Å². The van der Waals surface area contributed by atoms with Crippen molar-refractivity contribution in [3.63, 3.8) is 0 Å². The third-order valence-corrected chi connectivity index (χ3v) is 3.89. The molecule has 4 heteroatoms. The lowest BCUT2D eigenvalue weighted by Crippen LogP contribution is -2.51. The van der Waals surface area contributed by atoms with E-state index >= 15 is 0 Å². The largest absolute Gasteiger partial charge is 0.259 e. The highest BCUT2D eigenvalue weighted by molar-refractivity contribution is 9.10. The van der Waals surface area contributed by atoms with E-state index in [-0.39, 0.29) is 0 Å². The van der Waals surface area contributed by atoms with Crippen molar-refractivity contribution in [2.75, 3.05) is 0 Å². The van der Waals surface area contributed by atoms with Crippen LogP contribution in [0.1, 0.15) is 38.8 Å². The van der Waals surface area contributed by atoms with Gasteiger partial charge in [-0.25, -0.2) is 10.4 Å². The van der Waals surface area contributed by atoms with Crippen molar-refractivity contribution in [1.29, 1.82) is 0 Å². The number of hydrogen-bond acceptors (Lipinski definition) is 3. The highest BCUT2D eigenvalue weighted by atomic mass is 79.9. The SMILES string of the molecule is CC1CCCC(C)N1NCc1ccc(Br)cn1. The zero-order valence-electron chi connectivity index (χ0n) is 10.5. The zero-order valence-corrected chi connectivity index (χ0v) is 12.1. The maximum atomic E-state index is 4.38. The topological polar surface area (TPSA) is 28.2 Å². The van der Waals surface area contributed by atoms with Gasteiger partial charge >= 0.3 is 0 Å². The normalized spacial score (nSPS) is 26.1. The summed E-state index contributed by atoms with van der Waals surface area (Å²) in [5.41, 5.74) is 4.59. The number of aromatic nitrogens is 1. The van der Waals surface area contributed by atoms with Crippen LogP contribution in [0, 0.1) is 0 Å². The van der Waals surface area contributed by atoms with Crippen LogP contribution in [0.25, 0.3) is 0 Å². The van der Waals surface area contributed by atoms with Gasteiger partial charge in [-0.05, 0) is 54.8 Å². The fourth-order valence-corrected chi connectivity index (χ4v) is 2.65. The van der Waals surface area contributed by atoms with Crippen LogP contribution in [0.2, 0.25) is 0 Å². The molecule has 2 unspecified atom stereocenters. The van der Waals surface area contributed by atoms with Gasteiger partial charge in [-0.3, -0.25) is 4.98 Å². The summed E-state index contributed by atoms with van der Waals surface area (Å²) >= 11 is 3.40. The lowest BCUT2D eigenvalue weighted by molar-refractivity contribution is 0.0431. The maximum Gasteiger partial charge on any atom is 0.0556 e. The van der Waals surface area contributed by atoms with E-state index in [0.717, 1.165) is 16.7 Å². The molecule has 1 aliphatic heterocycles. The van der Waals surface area contributed by atoms with Crippen molar-refractivity contribution >= 4 is 15.9 Å². The van der Waals surface area contributed by atoms with Crippen LogP contribution < -0.4 is 5.43 Å². The quantitative estimate of drug-likeness (QED) is 0.929. The van der Waals surface area contributed by atoms with E-state index in [4.69, 9.17) is 0 Å². The molecule has 0 spiro atoms. The smallest absolute Gasteiger partial charge is 0.0556 e. The van der Waals surface area contributed by atoms with E-state index in [1.165, 1.54) is 19.3 Å². The summed E-state index contributed by atoms with van der Waals surface area (Å²) in [6.07, 6.45) is 5.76. The Bertz CT molecular complexity index is 342. The van der Waals surface area contributed by atoms with Crippen molar-refractivity contribution in [2.24, 2.45) is 0 Å². The van der Waals surface area contributed by atoms with Crippen molar-refractivity contribution < 1.29 is 0 Å². The molecule has 1 fully saturated rings. The number of nitrogens with one attached hydrogen (secondary N) is 1. The second kappa shape index (κ2) is 5.94. The van der Waals surface area contributed by atoms with Gasteiger partial charge in [-0.1, -0.05) is 6.42 Å². The third-order valence-electron chi connectivity index (χ3n) is 3.42. The minimum absolute atomic E-state index is 0.620. The molecule has 1 aromatic rings. The Morgan fingerprint density at radius 1 is 1.35 bits per heavy atom. The number of halogens is 1. The summed E-state index contributed by atoms with van der Waals surface area (Å²) in [4.78, 5) is 4.38. The van der Waals surface area contributed by atoms with Crippen LogP contribution in [0.15, 0.2) is 22.8 Å². The summed E-state index contributed by atoms with van der Waals surface area (Å²) in [5, 5.41) is 2.38. The molecule has 0 aliphatic carbocycles. The monoisotopic (exact) mass is 297 g/mol. The molecule has 0 radical (unpaired) electrons. The van der Waals surface area contributed by atoms with Crippen LogP contribution in [0.3, 0.4) is 0 Å². The van der Waals surface area contributed by atoms with Crippen LogP contribution in [-0.4, -0.2) is 22.1 Å². The minimum atomic E-state index is 0.620. The van der Waals surface area contributed by atoms with Gasteiger partial charge in [0.2, 0.25) is 0 Å². The van der Waals surface area contributed by atoms with Crippen molar-refractivity contribution in [3.8, 4) is 0 Å². The Balaban J connectivity index is 1.90. The summed E-state index contributed by atoms with van der Waals surface area (Å²) in [6, 6.07) is 5.33. The highest BCUT2D eigenvalue weighted by Gasteiger charge is 2.24. The van der Waals surface area contributed by atoms with Crippen molar-refractivity contribution in [3.05, 3.63) is 28.5 Å². The molecule has 2 atom stereocenters. The predicted molar refractivity (Wildman–Crippen MR) is 73.4 cm³/mol. The molecule has 1 aromatic heterocycles. The van der Waals surface area contributed by atoms with Gasteiger partial charge in [0.25, 0.3) is 0 Å². The summed E-state index contributed by atoms with van der Waals surface area (Å²) < 4.78 is 1.03. The van der Waals surface area contributed by atoms with E-state index in [2.05, 4.69) is 51.3 Å². The summed E-state index contributed by atoms with van der Waals surface area (Å²) in [6.45, 7) is 5.39. The number of nitrogens with zero attached hydrogens (tertiary/aromatic N) is 2. The summed E-state index contributed by atoms with van der Waals surface area (Å²) in [7, 11) is 0. The summed E-state index contributed by atoms with van der Waals surface area (Å²) in [5.74, 6) is 0. The minimum Gasteiger partial charge on any atom is -0.259 e. The van der Waals surface area contributed by atoms with Crippen molar-refractivity contribution in [2.45, 2.75) is 51.7 Å². The first-order valence-corrected chi connectivity index (χ1v) is 7.08. The third kappa shape index (κ3) is 3.50. The molecule has 1 N–H and O–H groups in total. The number of pyridine rings is 1. The maximum absolute atomic E-state index is 4.38. The number of hydrogen-bond donors (Lipinski definition) is 1. The Labute approximate surface area is 112 Å². The van der Waals surface area contributed by atoms with E-state index in [1.54, 1.807) is 0 Å². The number of hydrazine groups is 1. The molecule has 2 rings (SSSR count). The first kappa shape index (κ1) is 13.0. The van der Waals surface area contributed by atoms with E-state index in [0.29, 0.717) is 12.1 Å². The van der Waals surface area contributed by atoms with Gasteiger partial charge in [-0.2, -0.15) is 0 Å². The van der Waals surface area contributed by atoms with Gasteiger partial charge in [0, 0.05) is 22.8 Å². The molecular weight excluding hydrogens is 278 g/mol. The Morgan fingerprint density at radius 2 is 2.06 bits per heavy atom. The molecule has 1 saturated heterocycles. The first-order valence-electron chi connectivity index (χ1n) is 6.29. The predicted octanol–water partition coefficient (Wildman–Crippen LogP) is 3.11. The number of rotatable bonds is 3. The lowest BCUT2D eigenvalue weighted by atomic mass is 10.00.